The lowest BCUT2D eigenvalue weighted by molar-refractivity contribution is -0.114. The average molecular weight is 452 g/mol. The van der Waals surface area contributed by atoms with Crippen LogP contribution in [0.4, 0.5) is 5.82 Å². The molecule has 0 radical (unpaired) electrons. The normalized spacial score (nSPS) is 16.3. The van der Waals surface area contributed by atoms with E-state index in [1.54, 1.807) is 12.1 Å². The molecule has 2 amide bonds. The van der Waals surface area contributed by atoms with E-state index >= 15 is 0 Å². The molecule has 1 aromatic heterocycles. The Kier molecular flexibility index (Phi) is 6.41. The van der Waals surface area contributed by atoms with E-state index in [0.29, 0.717) is 46.1 Å². The zero-order chi connectivity index (χ0) is 22.5. The first-order valence-corrected chi connectivity index (χ1v) is 10.6. The zero-order valence-electron chi connectivity index (χ0n) is 17.4. The first kappa shape index (κ1) is 21.4. The van der Waals surface area contributed by atoms with Crippen LogP contribution in [-0.2, 0) is 19.1 Å². The molecule has 2 aromatic rings. The molecular formula is C22H20N4O5S. The molecule has 0 unspecified atom stereocenters. The minimum absolute atomic E-state index is 0.211. The van der Waals surface area contributed by atoms with Crippen molar-refractivity contribution < 1.29 is 23.8 Å². The van der Waals surface area contributed by atoms with Crippen molar-refractivity contribution in [3.63, 3.8) is 0 Å². The quantitative estimate of drug-likeness (QED) is 0.641. The van der Waals surface area contributed by atoms with Gasteiger partial charge in [0, 0.05) is 18.4 Å². The SMILES string of the molecule is CCOc1cc(NC(C)=O)nc2ccc(/C=C3/SC(NCC4=COC=CO4)=NC3=O)cc12. The Hall–Kier alpha value is -3.79. The van der Waals surface area contributed by atoms with E-state index in [2.05, 4.69) is 20.6 Å². The van der Waals surface area contributed by atoms with Crippen LogP contribution in [0.25, 0.3) is 17.0 Å². The number of pyridine rings is 1. The number of aromatic nitrogens is 1. The van der Waals surface area contributed by atoms with E-state index in [9.17, 15) is 9.59 Å². The lowest BCUT2D eigenvalue weighted by atomic mass is 10.1. The van der Waals surface area contributed by atoms with Gasteiger partial charge in [0.15, 0.2) is 10.9 Å². The van der Waals surface area contributed by atoms with Gasteiger partial charge in [-0.3, -0.25) is 9.59 Å². The van der Waals surface area contributed by atoms with Crippen LogP contribution in [0.3, 0.4) is 0 Å². The van der Waals surface area contributed by atoms with Crippen molar-refractivity contribution >= 4 is 51.5 Å². The number of amides is 2. The Balaban J connectivity index is 1.53. The van der Waals surface area contributed by atoms with Gasteiger partial charge in [-0.15, -0.1) is 0 Å². The van der Waals surface area contributed by atoms with Crippen LogP contribution >= 0.6 is 11.8 Å². The zero-order valence-corrected chi connectivity index (χ0v) is 18.2. The monoisotopic (exact) mass is 452 g/mol. The molecule has 2 aliphatic heterocycles. The summed E-state index contributed by atoms with van der Waals surface area (Å²) in [4.78, 5) is 32.7. The number of hydrogen-bond donors (Lipinski definition) is 2. The maximum absolute atomic E-state index is 12.3. The Morgan fingerprint density at radius 1 is 1.28 bits per heavy atom. The van der Waals surface area contributed by atoms with Gasteiger partial charge in [0.1, 0.15) is 30.4 Å². The van der Waals surface area contributed by atoms with Gasteiger partial charge in [-0.25, -0.2) is 4.98 Å². The minimum Gasteiger partial charge on any atom is -0.493 e. The van der Waals surface area contributed by atoms with Crippen LogP contribution < -0.4 is 15.4 Å². The largest absolute Gasteiger partial charge is 0.493 e. The third-order valence-corrected chi connectivity index (χ3v) is 5.23. The number of nitrogens with one attached hydrogen (secondary N) is 2. The number of amidine groups is 1. The van der Waals surface area contributed by atoms with Crippen LogP contribution in [-0.4, -0.2) is 35.1 Å². The molecule has 0 spiro atoms. The third kappa shape index (κ3) is 5.09. The number of nitrogens with zero attached hydrogens (tertiary/aromatic N) is 2. The van der Waals surface area contributed by atoms with Crippen molar-refractivity contribution in [1.82, 2.24) is 10.3 Å². The molecule has 1 aromatic carbocycles. The fourth-order valence-corrected chi connectivity index (χ4v) is 3.80. The standard InChI is InChI=1S/C22H20N4O5S/c1-3-30-18-10-20(24-13(2)27)25-17-5-4-14(8-16(17)18)9-19-21(28)26-22(32-19)23-11-15-12-29-6-7-31-15/h4-10,12H,3,11H2,1-2H3,(H,23,26,28)(H,24,25,27)/b19-9+. The number of aliphatic imine (C=N–C) groups is 1. The fraction of sp³-hybridized carbons (Fsp3) is 0.182. The van der Waals surface area contributed by atoms with E-state index in [1.165, 1.54) is 37.5 Å². The number of anilines is 1. The molecule has 0 saturated carbocycles. The Morgan fingerprint density at radius 2 is 2.16 bits per heavy atom. The van der Waals surface area contributed by atoms with Gasteiger partial charge in [-0.05, 0) is 42.5 Å². The summed E-state index contributed by atoms with van der Waals surface area (Å²) < 4.78 is 16.1. The smallest absolute Gasteiger partial charge is 0.286 e. The first-order chi connectivity index (χ1) is 15.5. The number of benzene rings is 1. The average Bonchev–Trinajstić information content (AvgIpc) is 3.12. The van der Waals surface area contributed by atoms with Gasteiger partial charge >= 0.3 is 0 Å². The van der Waals surface area contributed by atoms with Gasteiger partial charge in [0.2, 0.25) is 5.91 Å². The number of thioether (sulfide) groups is 1. The first-order valence-electron chi connectivity index (χ1n) is 9.79. The lowest BCUT2D eigenvalue weighted by Gasteiger charge is -2.11. The number of carbonyl (C=O) groups is 2. The van der Waals surface area contributed by atoms with Crippen LogP contribution in [0.5, 0.6) is 5.75 Å². The second-order valence-corrected chi connectivity index (χ2v) is 7.72. The highest BCUT2D eigenvalue weighted by molar-refractivity contribution is 8.18. The second-order valence-electron chi connectivity index (χ2n) is 6.69. The second kappa shape index (κ2) is 9.56. The van der Waals surface area contributed by atoms with E-state index in [-0.39, 0.29) is 11.8 Å². The molecular weight excluding hydrogens is 432 g/mol. The summed E-state index contributed by atoms with van der Waals surface area (Å²) in [5.41, 5.74) is 1.47. The molecule has 32 heavy (non-hydrogen) atoms. The predicted octanol–water partition coefficient (Wildman–Crippen LogP) is 3.51. The molecule has 3 heterocycles. The highest BCUT2D eigenvalue weighted by atomic mass is 32.2. The summed E-state index contributed by atoms with van der Waals surface area (Å²) in [6, 6.07) is 7.24. The van der Waals surface area contributed by atoms with Gasteiger partial charge in [0.25, 0.3) is 5.91 Å². The maximum Gasteiger partial charge on any atom is 0.286 e. The Bertz CT molecular complexity index is 1200. The molecule has 2 aliphatic rings. The number of ether oxygens (including phenoxy) is 3. The van der Waals surface area contributed by atoms with Gasteiger partial charge in [-0.1, -0.05) is 6.07 Å². The minimum atomic E-state index is -0.323. The van der Waals surface area contributed by atoms with E-state index in [0.717, 1.165) is 10.9 Å². The molecule has 164 valence electrons. The molecule has 9 nitrogen and oxygen atoms in total. The summed E-state index contributed by atoms with van der Waals surface area (Å²) >= 11 is 1.25. The summed E-state index contributed by atoms with van der Waals surface area (Å²) in [6.07, 6.45) is 6.10. The molecule has 0 aliphatic carbocycles. The fourth-order valence-electron chi connectivity index (χ4n) is 2.99. The number of rotatable bonds is 6. The highest BCUT2D eigenvalue weighted by Crippen LogP contribution is 2.32. The van der Waals surface area contributed by atoms with Crippen LogP contribution in [0, 0.1) is 0 Å². The summed E-state index contributed by atoms with van der Waals surface area (Å²) in [5.74, 6) is 1.06. The van der Waals surface area contributed by atoms with Gasteiger partial charge in [-0.2, -0.15) is 4.99 Å². The van der Waals surface area contributed by atoms with Crippen LogP contribution in [0.1, 0.15) is 19.4 Å². The summed E-state index contributed by atoms with van der Waals surface area (Å²) in [5, 5.41) is 6.99. The Morgan fingerprint density at radius 3 is 2.91 bits per heavy atom. The number of hydrogen-bond acceptors (Lipinski definition) is 8. The predicted molar refractivity (Wildman–Crippen MR) is 123 cm³/mol. The highest BCUT2D eigenvalue weighted by Gasteiger charge is 2.22. The van der Waals surface area contributed by atoms with Gasteiger partial charge < -0.3 is 24.8 Å². The summed E-state index contributed by atoms with van der Waals surface area (Å²) in [7, 11) is 0. The molecule has 0 saturated heterocycles. The van der Waals surface area contributed by atoms with Crippen molar-refractivity contribution in [2.75, 3.05) is 18.5 Å². The van der Waals surface area contributed by atoms with Crippen molar-refractivity contribution in [2.24, 2.45) is 4.99 Å². The van der Waals surface area contributed by atoms with Crippen molar-refractivity contribution in [3.8, 4) is 5.75 Å². The molecule has 10 heteroatoms. The van der Waals surface area contributed by atoms with Crippen molar-refractivity contribution in [1.29, 1.82) is 0 Å². The summed E-state index contributed by atoms with van der Waals surface area (Å²) in [6.45, 7) is 4.11. The third-order valence-electron chi connectivity index (χ3n) is 4.28. The molecule has 2 N–H and O–H groups in total. The molecule has 0 fully saturated rings. The van der Waals surface area contributed by atoms with E-state index < -0.39 is 0 Å². The molecule has 0 atom stereocenters. The molecule has 4 rings (SSSR count). The van der Waals surface area contributed by atoms with Crippen molar-refractivity contribution in [2.45, 2.75) is 13.8 Å². The van der Waals surface area contributed by atoms with E-state index in [4.69, 9.17) is 14.2 Å². The van der Waals surface area contributed by atoms with E-state index in [1.807, 2.05) is 25.1 Å². The van der Waals surface area contributed by atoms with Crippen LogP contribution in [0.15, 0.2) is 58.7 Å². The topological polar surface area (TPSA) is 111 Å². The molecule has 0 bridgehead atoms. The number of carbonyl (C=O) groups excluding carboxylic acids is 2. The maximum atomic E-state index is 12.3. The van der Waals surface area contributed by atoms with Crippen molar-refractivity contribution in [3.05, 3.63) is 59.3 Å². The number of fused-ring (bicyclic) bond motifs is 1. The van der Waals surface area contributed by atoms with Crippen LogP contribution in [0.2, 0.25) is 0 Å². The van der Waals surface area contributed by atoms with Gasteiger partial charge in [0.05, 0.1) is 23.6 Å². The Labute approximate surface area is 188 Å². The lowest BCUT2D eigenvalue weighted by Crippen LogP contribution is -2.22.